The van der Waals surface area contributed by atoms with Crippen LogP contribution in [0.15, 0.2) is 75.8 Å². The number of nitrogens with one attached hydrogen (secondary N) is 1. The van der Waals surface area contributed by atoms with Gasteiger partial charge in [0.2, 0.25) is 16.9 Å². The predicted octanol–water partition coefficient (Wildman–Crippen LogP) is 3.31. The monoisotopic (exact) mass is 411 g/mol. The van der Waals surface area contributed by atoms with Crippen LogP contribution in [0, 0.1) is 0 Å². The molecular formula is C19H17N5O2S2. The Hall–Kier alpha value is -3.04. The first-order valence-corrected chi connectivity index (χ1v) is 10.3. The average molecular weight is 412 g/mol. The van der Waals surface area contributed by atoms with Gasteiger partial charge in [0.1, 0.15) is 0 Å². The highest BCUT2D eigenvalue weighted by Crippen LogP contribution is 2.27. The molecule has 0 aliphatic rings. The number of nitrogens with zero attached hydrogens (tertiary/aromatic N) is 3. The zero-order valence-corrected chi connectivity index (χ0v) is 16.3. The van der Waals surface area contributed by atoms with Crippen molar-refractivity contribution in [1.82, 2.24) is 20.2 Å². The number of amides is 1. The van der Waals surface area contributed by atoms with Crippen molar-refractivity contribution in [3.8, 4) is 11.6 Å². The lowest BCUT2D eigenvalue weighted by molar-refractivity contribution is -0.119. The second kappa shape index (κ2) is 8.32. The first-order valence-electron chi connectivity index (χ1n) is 8.47. The minimum Gasteiger partial charge on any atom is -0.461 e. The van der Waals surface area contributed by atoms with Crippen molar-refractivity contribution in [2.75, 3.05) is 11.6 Å². The Kier molecular flexibility index (Phi) is 5.45. The number of thioether (sulfide) groups is 1. The van der Waals surface area contributed by atoms with Crippen LogP contribution in [-0.4, -0.2) is 26.5 Å². The van der Waals surface area contributed by atoms with E-state index in [1.54, 1.807) is 29.7 Å². The Bertz CT molecular complexity index is 1030. The Morgan fingerprint density at radius 3 is 2.75 bits per heavy atom. The van der Waals surface area contributed by atoms with E-state index in [0.29, 0.717) is 16.7 Å². The van der Waals surface area contributed by atoms with Crippen LogP contribution in [0.5, 0.6) is 0 Å². The summed E-state index contributed by atoms with van der Waals surface area (Å²) in [7, 11) is 0. The number of nitrogen functional groups attached to an aromatic ring is 1. The topological polar surface area (TPSA) is 99.0 Å². The number of carbonyl (C=O) groups excluding carboxylic acids is 1. The van der Waals surface area contributed by atoms with Gasteiger partial charge in [-0.1, -0.05) is 48.2 Å². The van der Waals surface area contributed by atoms with Crippen LogP contribution in [0.2, 0.25) is 0 Å². The molecule has 0 fully saturated rings. The van der Waals surface area contributed by atoms with E-state index in [0.717, 1.165) is 10.4 Å². The summed E-state index contributed by atoms with van der Waals surface area (Å²) in [5.74, 6) is 7.02. The molecule has 3 N–H and O–H groups in total. The molecule has 9 heteroatoms. The maximum atomic E-state index is 12.6. The van der Waals surface area contributed by atoms with Gasteiger partial charge in [-0.25, -0.2) is 4.68 Å². The van der Waals surface area contributed by atoms with E-state index in [2.05, 4.69) is 15.5 Å². The van der Waals surface area contributed by atoms with Crippen molar-refractivity contribution < 1.29 is 9.21 Å². The molecule has 4 aromatic rings. The fourth-order valence-corrected chi connectivity index (χ4v) is 4.17. The highest BCUT2D eigenvalue weighted by molar-refractivity contribution is 7.99. The third-order valence-corrected chi connectivity index (χ3v) is 5.88. The van der Waals surface area contributed by atoms with E-state index in [4.69, 9.17) is 10.3 Å². The summed E-state index contributed by atoms with van der Waals surface area (Å²) in [6.45, 7) is 0. The number of benzene rings is 1. The standard InChI is InChI=1S/C19H17N5O2S2/c20-24-18(14-8-4-10-26-14)22-23-19(24)28-12-16(25)21-17(15-9-5-11-27-15)13-6-2-1-3-7-13/h1-11,17H,12,20H2,(H,21,25). The maximum Gasteiger partial charge on any atom is 0.231 e. The molecule has 0 spiro atoms. The van der Waals surface area contributed by atoms with Crippen LogP contribution < -0.4 is 11.2 Å². The van der Waals surface area contributed by atoms with Gasteiger partial charge in [-0.15, -0.1) is 21.5 Å². The van der Waals surface area contributed by atoms with Crippen LogP contribution in [0.25, 0.3) is 11.6 Å². The normalized spacial score (nSPS) is 12.0. The molecule has 0 aliphatic carbocycles. The third kappa shape index (κ3) is 3.95. The van der Waals surface area contributed by atoms with Gasteiger partial charge in [-0.05, 0) is 29.1 Å². The second-order valence-electron chi connectivity index (χ2n) is 5.87. The summed E-state index contributed by atoms with van der Waals surface area (Å²) >= 11 is 2.83. The highest BCUT2D eigenvalue weighted by Gasteiger charge is 2.19. The van der Waals surface area contributed by atoms with Gasteiger partial charge in [-0.3, -0.25) is 4.79 Å². The summed E-state index contributed by atoms with van der Waals surface area (Å²) in [6.07, 6.45) is 1.54. The van der Waals surface area contributed by atoms with Crippen molar-refractivity contribution in [2.45, 2.75) is 11.2 Å². The van der Waals surface area contributed by atoms with E-state index in [1.165, 1.54) is 16.4 Å². The molecule has 4 rings (SSSR count). The van der Waals surface area contributed by atoms with E-state index in [1.807, 2.05) is 47.8 Å². The number of hydrogen-bond donors (Lipinski definition) is 2. The largest absolute Gasteiger partial charge is 0.461 e. The van der Waals surface area contributed by atoms with Crippen molar-refractivity contribution in [3.63, 3.8) is 0 Å². The second-order valence-corrected chi connectivity index (χ2v) is 7.79. The molecule has 0 saturated carbocycles. The fourth-order valence-electron chi connectivity index (χ4n) is 2.70. The van der Waals surface area contributed by atoms with Gasteiger partial charge >= 0.3 is 0 Å². The smallest absolute Gasteiger partial charge is 0.231 e. The predicted molar refractivity (Wildman–Crippen MR) is 109 cm³/mol. The lowest BCUT2D eigenvalue weighted by Gasteiger charge is -2.18. The molecule has 1 unspecified atom stereocenters. The van der Waals surface area contributed by atoms with E-state index in [-0.39, 0.29) is 17.7 Å². The summed E-state index contributed by atoms with van der Waals surface area (Å²) in [6, 6.07) is 17.2. The minimum atomic E-state index is -0.191. The number of hydrogen-bond acceptors (Lipinski definition) is 7. The third-order valence-electron chi connectivity index (χ3n) is 4.00. The Balaban J connectivity index is 1.44. The molecule has 28 heavy (non-hydrogen) atoms. The van der Waals surface area contributed by atoms with Crippen molar-refractivity contribution >= 4 is 29.0 Å². The van der Waals surface area contributed by atoms with Gasteiger partial charge in [0.25, 0.3) is 0 Å². The van der Waals surface area contributed by atoms with Crippen molar-refractivity contribution in [3.05, 3.63) is 76.7 Å². The lowest BCUT2D eigenvalue weighted by Crippen LogP contribution is -2.30. The summed E-state index contributed by atoms with van der Waals surface area (Å²) < 4.78 is 6.62. The number of rotatable bonds is 7. The van der Waals surface area contributed by atoms with E-state index in [9.17, 15) is 4.79 Å². The zero-order valence-electron chi connectivity index (χ0n) is 14.7. The average Bonchev–Trinajstić information content (AvgIpc) is 3.47. The van der Waals surface area contributed by atoms with Crippen molar-refractivity contribution in [1.29, 1.82) is 0 Å². The van der Waals surface area contributed by atoms with Gasteiger partial charge < -0.3 is 15.6 Å². The van der Waals surface area contributed by atoms with E-state index >= 15 is 0 Å². The maximum absolute atomic E-state index is 12.6. The van der Waals surface area contributed by atoms with Gasteiger partial charge in [0.05, 0.1) is 18.1 Å². The minimum absolute atomic E-state index is 0.116. The van der Waals surface area contributed by atoms with Crippen LogP contribution in [0.4, 0.5) is 0 Å². The molecule has 0 aliphatic heterocycles. The molecular weight excluding hydrogens is 394 g/mol. The van der Waals surface area contributed by atoms with Gasteiger partial charge in [-0.2, -0.15) is 0 Å². The summed E-state index contributed by atoms with van der Waals surface area (Å²) in [4.78, 5) is 13.7. The molecule has 3 aromatic heterocycles. The molecule has 142 valence electrons. The first-order chi connectivity index (χ1) is 13.7. The number of aromatic nitrogens is 3. The van der Waals surface area contributed by atoms with Crippen molar-refractivity contribution in [2.24, 2.45) is 0 Å². The van der Waals surface area contributed by atoms with E-state index < -0.39 is 0 Å². The molecule has 0 radical (unpaired) electrons. The Labute approximate surface area is 169 Å². The quantitative estimate of drug-likeness (QED) is 0.358. The molecule has 3 heterocycles. The number of carbonyl (C=O) groups is 1. The van der Waals surface area contributed by atoms with Crippen LogP contribution in [0.1, 0.15) is 16.5 Å². The Morgan fingerprint density at radius 2 is 2.04 bits per heavy atom. The summed E-state index contributed by atoms with van der Waals surface area (Å²) in [5.41, 5.74) is 1.03. The molecule has 0 saturated heterocycles. The van der Waals surface area contributed by atoms with Crippen LogP contribution >= 0.6 is 23.1 Å². The fraction of sp³-hybridized carbons (Fsp3) is 0.105. The molecule has 1 aromatic carbocycles. The van der Waals surface area contributed by atoms with Gasteiger partial charge in [0.15, 0.2) is 5.76 Å². The highest BCUT2D eigenvalue weighted by atomic mass is 32.2. The Morgan fingerprint density at radius 1 is 1.18 bits per heavy atom. The van der Waals surface area contributed by atoms with Crippen LogP contribution in [-0.2, 0) is 4.79 Å². The SMILES string of the molecule is Nn1c(SCC(=O)NC(c2ccccc2)c2cccs2)nnc1-c1ccco1. The molecule has 1 atom stereocenters. The van der Waals surface area contributed by atoms with Gasteiger partial charge in [0, 0.05) is 4.88 Å². The van der Waals surface area contributed by atoms with Crippen LogP contribution in [0.3, 0.4) is 0 Å². The molecule has 7 nitrogen and oxygen atoms in total. The number of furan rings is 1. The molecule has 0 bridgehead atoms. The zero-order chi connectivity index (χ0) is 19.3. The lowest BCUT2D eigenvalue weighted by atomic mass is 10.1. The summed E-state index contributed by atoms with van der Waals surface area (Å²) in [5, 5.41) is 13.6. The first kappa shape index (κ1) is 18.3. The number of thiophene rings is 1. The molecule has 1 amide bonds. The number of nitrogens with two attached hydrogens (primary N) is 1.